The number of anilines is 1. The summed E-state index contributed by atoms with van der Waals surface area (Å²) in [7, 11) is 0. The Morgan fingerprint density at radius 3 is 2.54 bits per heavy atom. The van der Waals surface area contributed by atoms with E-state index in [9.17, 15) is 4.79 Å². The molecule has 8 heteroatoms. The van der Waals surface area contributed by atoms with Gasteiger partial charge in [-0.2, -0.15) is 0 Å². The fourth-order valence-electron chi connectivity index (χ4n) is 2.14. The van der Waals surface area contributed by atoms with Gasteiger partial charge in [-0.25, -0.2) is 4.68 Å². The maximum atomic E-state index is 12.4. The number of nitrogens with zero attached hydrogens (tertiary/aromatic N) is 2. The molecule has 0 aliphatic rings. The minimum Gasteiger partial charge on any atom is -0.325 e. The minimum atomic E-state index is -0.296. The lowest BCUT2D eigenvalue weighted by Gasteiger charge is -2.10. The number of amides is 1. The van der Waals surface area contributed by atoms with Crippen LogP contribution in [0.15, 0.2) is 52.9 Å². The number of carbonyl (C=O) groups excluding carboxylic acids is 1. The van der Waals surface area contributed by atoms with Crippen molar-refractivity contribution in [2.24, 2.45) is 0 Å². The second kappa shape index (κ2) is 8.35. The highest BCUT2D eigenvalue weighted by Gasteiger charge is 2.17. The predicted molar refractivity (Wildman–Crippen MR) is 112 cm³/mol. The summed E-state index contributed by atoms with van der Waals surface area (Å²) >= 11 is 14.1. The van der Waals surface area contributed by atoms with E-state index in [0.29, 0.717) is 8.98 Å². The van der Waals surface area contributed by atoms with Gasteiger partial charge in [0.15, 0.2) is 8.29 Å². The minimum absolute atomic E-state index is 0.0713. The van der Waals surface area contributed by atoms with Crippen LogP contribution in [0.1, 0.15) is 12.5 Å². The number of benzene rings is 2. The van der Waals surface area contributed by atoms with Crippen LogP contribution in [0.3, 0.4) is 0 Å². The Labute approximate surface area is 170 Å². The van der Waals surface area contributed by atoms with Gasteiger partial charge in [-0.15, -0.1) is 5.10 Å². The Morgan fingerprint density at radius 1 is 1.23 bits per heavy atom. The fourth-order valence-corrected chi connectivity index (χ4v) is 4.77. The van der Waals surface area contributed by atoms with Gasteiger partial charge in [-0.1, -0.05) is 52.4 Å². The molecule has 1 heterocycles. The molecule has 1 aromatic heterocycles. The molecule has 0 bridgehead atoms. The van der Waals surface area contributed by atoms with Gasteiger partial charge < -0.3 is 5.32 Å². The number of aryl methyl sites for hydroxylation is 1. The van der Waals surface area contributed by atoms with E-state index in [2.05, 4.69) is 10.4 Å². The molecule has 1 unspecified atom stereocenters. The summed E-state index contributed by atoms with van der Waals surface area (Å²) < 4.78 is 3.06. The van der Waals surface area contributed by atoms with Crippen LogP contribution >= 0.6 is 46.9 Å². The van der Waals surface area contributed by atoms with Gasteiger partial charge in [0.2, 0.25) is 5.91 Å². The molecular formula is C18H16ClN3OS3. The number of aromatic nitrogens is 2. The number of nitrogens with one attached hydrogen (secondary N) is 1. The third-order valence-corrected chi connectivity index (χ3v) is 6.23. The van der Waals surface area contributed by atoms with Crippen molar-refractivity contribution in [3.63, 3.8) is 0 Å². The third kappa shape index (κ3) is 4.73. The molecule has 0 aliphatic carbocycles. The Bertz CT molecular complexity index is 965. The Morgan fingerprint density at radius 2 is 1.88 bits per heavy atom. The van der Waals surface area contributed by atoms with Gasteiger partial charge in [0.1, 0.15) is 0 Å². The summed E-state index contributed by atoms with van der Waals surface area (Å²) in [4.78, 5) is 12.4. The summed E-state index contributed by atoms with van der Waals surface area (Å²) in [6, 6.07) is 15.0. The summed E-state index contributed by atoms with van der Waals surface area (Å²) in [6.45, 7) is 3.86. The Kier molecular flexibility index (Phi) is 6.13. The molecule has 3 rings (SSSR count). The average molecular weight is 422 g/mol. The molecule has 0 fully saturated rings. The van der Waals surface area contributed by atoms with Gasteiger partial charge in [-0.3, -0.25) is 4.79 Å². The van der Waals surface area contributed by atoms with E-state index in [-0.39, 0.29) is 11.2 Å². The first-order chi connectivity index (χ1) is 12.4. The van der Waals surface area contributed by atoms with E-state index >= 15 is 0 Å². The first kappa shape index (κ1) is 19.1. The summed E-state index contributed by atoms with van der Waals surface area (Å²) in [5.41, 5.74) is 2.78. The first-order valence-corrected chi connectivity index (χ1v) is 10.3. The molecule has 2 aromatic carbocycles. The quantitative estimate of drug-likeness (QED) is 0.421. The molecule has 0 aliphatic heterocycles. The number of thioether (sulfide) groups is 1. The third-order valence-electron chi connectivity index (χ3n) is 3.57. The van der Waals surface area contributed by atoms with Gasteiger partial charge in [0.25, 0.3) is 0 Å². The molecule has 134 valence electrons. The van der Waals surface area contributed by atoms with Crippen molar-refractivity contribution < 1.29 is 4.79 Å². The lowest BCUT2D eigenvalue weighted by Crippen LogP contribution is -2.22. The largest absolute Gasteiger partial charge is 0.325 e. The van der Waals surface area contributed by atoms with Crippen LogP contribution in [0.5, 0.6) is 0 Å². The van der Waals surface area contributed by atoms with Crippen LogP contribution in [0, 0.1) is 10.9 Å². The predicted octanol–water partition coefficient (Wildman–Crippen LogP) is 5.74. The van der Waals surface area contributed by atoms with Crippen LogP contribution in [0.4, 0.5) is 5.69 Å². The van der Waals surface area contributed by atoms with E-state index in [1.54, 1.807) is 16.8 Å². The van der Waals surface area contributed by atoms with Gasteiger partial charge in [0, 0.05) is 10.7 Å². The topological polar surface area (TPSA) is 46.9 Å². The molecule has 3 aromatic rings. The Hall–Kier alpha value is -1.67. The summed E-state index contributed by atoms with van der Waals surface area (Å²) in [5, 5.41) is 7.80. The van der Waals surface area contributed by atoms with Crippen LogP contribution in [-0.2, 0) is 4.79 Å². The van der Waals surface area contributed by atoms with Crippen LogP contribution < -0.4 is 5.32 Å². The van der Waals surface area contributed by atoms with Crippen LogP contribution in [0.25, 0.3) is 5.69 Å². The highest BCUT2D eigenvalue weighted by molar-refractivity contribution is 8.02. The van der Waals surface area contributed by atoms with Crippen molar-refractivity contribution in [2.75, 3.05) is 5.32 Å². The van der Waals surface area contributed by atoms with Gasteiger partial charge in [-0.05, 0) is 62.5 Å². The molecule has 0 saturated carbocycles. The number of rotatable bonds is 5. The summed E-state index contributed by atoms with van der Waals surface area (Å²) in [6.07, 6.45) is 0. The zero-order valence-corrected chi connectivity index (χ0v) is 17.3. The van der Waals surface area contributed by atoms with Gasteiger partial charge in [0.05, 0.1) is 10.9 Å². The second-order valence-electron chi connectivity index (χ2n) is 5.64. The van der Waals surface area contributed by atoms with Crippen LogP contribution in [0.2, 0.25) is 5.02 Å². The zero-order chi connectivity index (χ0) is 18.7. The van der Waals surface area contributed by atoms with E-state index in [1.807, 2.05) is 50.2 Å². The molecule has 4 nitrogen and oxygen atoms in total. The maximum absolute atomic E-state index is 12.4. The first-order valence-electron chi connectivity index (χ1n) is 7.82. The molecular weight excluding hydrogens is 406 g/mol. The van der Waals surface area contributed by atoms with Crippen molar-refractivity contribution in [3.8, 4) is 5.69 Å². The molecule has 1 amide bonds. The van der Waals surface area contributed by atoms with E-state index in [1.165, 1.54) is 23.1 Å². The van der Waals surface area contributed by atoms with Gasteiger partial charge >= 0.3 is 0 Å². The van der Waals surface area contributed by atoms with Crippen molar-refractivity contribution >= 4 is 58.5 Å². The molecule has 1 N–H and O–H groups in total. The highest BCUT2D eigenvalue weighted by atomic mass is 35.5. The molecule has 0 radical (unpaired) electrons. The molecule has 1 atom stereocenters. The van der Waals surface area contributed by atoms with E-state index < -0.39 is 0 Å². The molecule has 26 heavy (non-hydrogen) atoms. The summed E-state index contributed by atoms with van der Waals surface area (Å²) in [5.74, 6) is -0.0713. The Balaban J connectivity index is 1.69. The average Bonchev–Trinajstić information content (AvgIpc) is 2.97. The lowest BCUT2D eigenvalue weighted by molar-refractivity contribution is -0.115. The monoisotopic (exact) mass is 421 g/mol. The number of hydrogen-bond donors (Lipinski definition) is 1. The van der Waals surface area contributed by atoms with Crippen molar-refractivity contribution in [1.29, 1.82) is 0 Å². The zero-order valence-electron chi connectivity index (χ0n) is 14.1. The number of carbonyl (C=O) groups is 1. The van der Waals surface area contributed by atoms with Crippen molar-refractivity contribution in [1.82, 2.24) is 9.78 Å². The van der Waals surface area contributed by atoms with Crippen molar-refractivity contribution in [3.05, 3.63) is 63.1 Å². The van der Waals surface area contributed by atoms with E-state index in [4.69, 9.17) is 23.8 Å². The molecule has 0 spiro atoms. The lowest BCUT2D eigenvalue weighted by atomic mass is 10.2. The van der Waals surface area contributed by atoms with Crippen LogP contribution in [-0.4, -0.2) is 20.9 Å². The highest BCUT2D eigenvalue weighted by Crippen LogP contribution is 2.28. The fraction of sp³-hybridized carbons (Fsp3) is 0.167. The number of halogens is 1. The van der Waals surface area contributed by atoms with Crippen molar-refractivity contribution in [2.45, 2.75) is 23.4 Å². The van der Waals surface area contributed by atoms with E-state index in [0.717, 1.165) is 21.3 Å². The normalized spacial score (nSPS) is 12.0. The second-order valence-corrected chi connectivity index (χ2v) is 9.28. The molecule has 0 saturated heterocycles. The SMILES string of the molecule is Cc1ccc(NC(=O)C(C)Sc2nn(-c3ccc(Cl)cc3)c(=S)s2)cc1. The number of hydrogen-bond acceptors (Lipinski definition) is 5. The smallest absolute Gasteiger partial charge is 0.237 e. The maximum Gasteiger partial charge on any atom is 0.237 e. The standard InChI is InChI=1S/C18H16ClN3OS3/c1-11-3-7-14(8-4-11)20-16(23)12(2)25-17-21-22(18(24)26-17)15-9-5-13(19)6-10-15/h3-10,12H,1-2H3,(H,20,23).